The maximum absolute atomic E-state index is 14.2. The number of rotatable bonds is 10. The van der Waals surface area contributed by atoms with Crippen LogP contribution in [0.3, 0.4) is 0 Å². The summed E-state index contributed by atoms with van der Waals surface area (Å²) in [5.74, 6) is 1.48. The molecule has 9 nitrogen and oxygen atoms in total. The van der Waals surface area contributed by atoms with Gasteiger partial charge in [0, 0.05) is 17.3 Å². The first-order chi connectivity index (χ1) is 22.8. The van der Waals surface area contributed by atoms with E-state index in [9.17, 15) is 9.59 Å². The van der Waals surface area contributed by atoms with Crippen LogP contribution < -0.4 is 24.4 Å². The molecule has 0 fully saturated rings. The molecule has 0 radical (unpaired) electrons. The molecule has 0 saturated heterocycles. The zero-order valence-electron chi connectivity index (χ0n) is 27.0. The van der Waals surface area contributed by atoms with E-state index in [0.717, 1.165) is 34.5 Å². The van der Waals surface area contributed by atoms with E-state index in [0.29, 0.717) is 44.6 Å². The Balaban J connectivity index is 1.47. The Bertz CT molecular complexity index is 2110. The summed E-state index contributed by atoms with van der Waals surface area (Å²) in [5, 5.41) is 4.95. The molecule has 1 aliphatic heterocycles. The molecule has 2 aromatic heterocycles. The van der Waals surface area contributed by atoms with E-state index in [1.807, 2.05) is 83.7 Å². The number of carbonyl (C=O) groups is 1. The molecule has 10 heteroatoms. The molecule has 1 aliphatic rings. The van der Waals surface area contributed by atoms with Crippen LogP contribution in [0.5, 0.6) is 11.5 Å². The van der Waals surface area contributed by atoms with E-state index in [4.69, 9.17) is 19.3 Å². The number of hydrogen-bond acceptors (Lipinski definition) is 8. The second-order valence-electron chi connectivity index (χ2n) is 11.6. The van der Waals surface area contributed by atoms with Crippen LogP contribution in [0, 0.1) is 5.92 Å². The normalized spacial score (nSPS) is 14.6. The number of ether oxygens (including phenoxy) is 3. The van der Waals surface area contributed by atoms with E-state index in [1.54, 1.807) is 30.7 Å². The van der Waals surface area contributed by atoms with Crippen molar-refractivity contribution in [3.05, 3.63) is 127 Å². The fraction of sp³-hybridized carbons (Fsp3) is 0.243. The van der Waals surface area contributed by atoms with E-state index >= 15 is 0 Å². The van der Waals surface area contributed by atoms with Crippen molar-refractivity contribution in [3.63, 3.8) is 0 Å². The number of esters is 1. The first-order valence-electron chi connectivity index (χ1n) is 15.4. The molecular weight excluding hydrogens is 612 g/mol. The minimum atomic E-state index is -0.721. The second kappa shape index (κ2) is 13.6. The number of benzene rings is 3. The van der Waals surface area contributed by atoms with Gasteiger partial charge in [-0.15, -0.1) is 0 Å². The number of fused-ring (bicyclic) bond motifs is 1. The lowest BCUT2D eigenvalue weighted by molar-refractivity contribution is -0.136. The van der Waals surface area contributed by atoms with Crippen LogP contribution in [0.1, 0.15) is 44.4 Å². The minimum Gasteiger partial charge on any atom is -0.497 e. The zero-order chi connectivity index (χ0) is 33.1. The maximum atomic E-state index is 14.2. The van der Waals surface area contributed by atoms with Crippen molar-refractivity contribution in [2.75, 3.05) is 20.8 Å². The number of methoxy groups -OCH3 is 2. The molecule has 1 atom stereocenters. The molecule has 0 spiro atoms. The van der Waals surface area contributed by atoms with Crippen molar-refractivity contribution in [1.82, 2.24) is 14.3 Å². The van der Waals surface area contributed by atoms with Gasteiger partial charge in [0.15, 0.2) is 4.80 Å². The van der Waals surface area contributed by atoms with Crippen molar-refractivity contribution in [3.8, 4) is 28.4 Å². The van der Waals surface area contributed by atoms with Gasteiger partial charge in [0.25, 0.3) is 5.56 Å². The molecule has 6 rings (SSSR count). The minimum absolute atomic E-state index is 0.268. The summed E-state index contributed by atoms with van der Waals surface area (Å²) in [4.78, 5) is 32.5. The third kappa shape index (κ3) is 6.55. The molecule has 0 saturated carbocycles. The SMILES string of the molecule is COC(=O)C1=C(C)N=c2s/c(=C\c3cn(-c4ccccc4)nc3-c3ccc(OCCC(C)C)cc3)c(=O)n2C1c1ccc(OC)cc1. The smallest absolute Gasteiger partial charge is 0.338 e. The Morgan fingerprint density at radius 3 is 2.34 bits per heavy atom. The van der Waals surface area contributed by atoms with Crippen LogP contribution in [-0.4, -0.2) is 41.1 Å². The summed E-state index contributed by atoms with van der Waals surface area (Å²) in [6.45, 7) is 6.76. The Hall–Kier alpha value is -5.22. The topological polar surface area (TPSA) is 96.9 Å². The van der Waals surface area contributed by atoms with Crippen molar-refractivity contribution >= 4 is 23.4 Å². The summed E-state index contributed by atoms with van der Waals surface area (Å²) in [5.41, 5.74) is 4.53. The van der Waals surface area contributed by atoms with E-state index in [-0.39, 0.29) is 5.56 Å². The molecular formula is C37H36N4O5S. The summed E-state index contributed by atoms with van der Waals surface area (Å²) >= 11 is 1.27. The number of aromatic nitrogens is 3. The van der Waals surface area contributed by atoms with Gasteiger partial charge < -0.3 is 14.2 Å². The second-order valence-corrected chi connectivity index (χ2v) is 12.6. The van der Waals surface area contributed by atoms with Crippen molar-refractivity contribution in [1.29, 1.82) is 0 Å². The highest BCUT2D eigenvalue weighted by Gasteiger charge is 2.33. The average molecular weight is 649 g/mol. The molecule has 5 aromatic rings. The van der Waals surface area contributed by atoms with Gasteiger partial charge in [-0.1, -0.05) is 55.5 Å². The number of allylic oxidation sites excluding steroid dienone is 1. The number of hydrogen-bond donors (Lipinski definition) is 0. The molecule has 47 heavy (non-hydrogen) atoms. The summed E-state index contributed by atoms with van der Waals surface area (Å²) in [6, 6.07) is 24.3. The molecule has 1 unspecified atom stereocenters. The van der Waals surface area contributed by atoms with Gasteiger partial charge in [-0.2, -0.15) is 5.10 Å². The van der Waals surface area contributed by atoms with Crippen LogP contribution in [0.4, 0.5) is 0 Å². The fourth-order valence-electron chi connectivity index (χ4n) is 5.49. The number of carbonyl (C=O) groups excluding carboxylic acids is 1. The van der Waals surface area contributed by atoms with Crippen LogP contribution in [0.15, 0.2) is 106 Å². The fourth-order valence-corrected chi connectivity index (χ4v) is 6.52. The molecule has 240 valence electrons. The third-order valence-electron chi connectivity index (χ3n) is 8.00. The van der Waals surface area contributed by atoms with Crippen molar-refractivity contribution < 1.29 is 19.0 Å². The van der Waals surface area contributed by atoms with Crippen LogP contribution in [0.2, 0.25) is 0 Å². The van der Waals surface area contributed by atoms with Gasteiger partial charge in [-0.3, -0.25) is 9.36 Å². The predicted octanol–water partition coefficient (Wildman–Crippen LogP) is 5.69. The molecule has 0 aliphatic carbocycles. The Kier molecular flexibility index (Phi) is 9.22. The first-order valence-corrected chi connectivity index (χ1v) is 16.2. The zero-order valence-corrected chi connectivity index (χ0v) is 27.8. The van der Waals surface area contributed by atoms with E-state index in [2.05, 4.69) is 18.8 Å². The highest BCUT2D eigenvalue weighted by atomic mass is 32.1. The quantitative estimate of drug-likeness (QED) is 0.181. The van der Waals surface area contributed by atoms with Gasteiger partial charge >= 0.3 is 5.97 Å². The monoisotopic (exact) mass is 648 g/mol. The first kappa shape index (κ1) is 31.7. The van der Waals surface area contributed by atoms with Crippen LogP contribution >= 0.6 is 11.3 Å². The maximum Gasteiger partial charge on any atom is 0.338 e. The van der Waals surface area contributed by atoms with Gasteiger partial charge in [-0.25, -0.2) is 14.5 Å². The van der Waals surface area contributed by atoms with Crippen molar-refractivity contribution in [2.24, 2.45) is 10.9 Å². The highest BCUT2D eigenvalue weighted by Crippen LogP contribution is 2.32. The van der Waals surface area contributed by atoms with Crippen molar-refractivity contribution in [2.45, 2.75) is 33.2 Å². The lowest BCUT2D eigenvalue weighted by Crippen LogP contribution is -2.39. The van der Waals surface area contributed by atoms with Gasteiger partial charge in [0.05, 0.1) is 48.4 Å². The summed E-state index contributed by atoms with van der Waals surface area (Å²) < 4.78 is 20.3. The van der Waals surface area contributed by atoms with E-state index in [1.165, 1.54) is 18.4 Å². The molecule has 0 amide bonds. The third-order valence-corrected chi connectivity index (χ3v) is 8.98. The average Bonchev–Trinajstić information content (AvgIpc) is 3.64. The number of nitrogens with zero attached hydrogens (tertiary/aromatic N) is 4. The standard InChI is InChI=1S/C37H36N4O5S/c1-23(2)19-20-46-30-17-11-25(12-18-30)33-27(22-40(39-33)28-9-7-6-8-10-28)21-31-35(42)41-34(26-13-15-29(44-4)16-14-26)32(36(43)45-5)24(3)38-37(41)47-31/h6-18,21-23,34H,19-20H2,1-5H3/b31-21-. The largest absolute Gasteiger partial charge is 0.497 e. The summed E-state index contributed by atoms with van der Waals surface area (Å²) in [6.07, 6.45) is 4.74. The van der Waals surface area contributed by atoms with Gasteiger partial charge in [0.2, 0.25) is 0 Å². The molecule has 3 heterocycles. The lowest BCUT2D eigenvalue weighted by atomic mass is 9.96. The summed E-state index contributed by atoms with van der Waals surface area (Å²) in [7, 11) is 2.92. The van der Waals surface area contributed by atoms with Crippen LogP contribution in [0.25, 0.3) is 23.0 Å². The Labute approximate surface area is 276 Å². The van der Waals surface area contributed by atoms with Gasteiger partial charge in [-0.05, 0) is 79.4 Å². The van der Waals surface area contributed by atoms with Gasteiger partial charge in [0.1, 0.15) is 17.2 Å². The lowest BCUT2D eigenvalue weighted by Gasteiger charge is -2.24. The Morgan fingerprint density at radius 1 is 0.979 bits per heavy atom. The molecule has 0 bridgehead atoms. The molecule has 0 N–H and O–H groups in total. The van der Waals surface area contributed by atoms with Crippen LogP contribution in [-0.2, 0) is 9.53 Å². The number of para-hydroxylation sites is 1. The predicted molar refractivity (Wildman–Crippen MR) is 183 cm³/mol. The highest BCUT2D eigenvalue weighted by molar-refractivity contribution is 7.07. The molecule has 3 aromatic carbocycles. The number of thiazole rings is 1. The van der Waals surface area contributed by atoms with E-state index < -0.39 is 12.0 Å². The Morgan fingerprint density at radius 2 is 1.68 bits per heavy atom.